The summed E-state index contributed by atoms with van der Waals surface area (Å²) in [5.74, 6) is 0. The minimum absolute atomic E-state index is 0.254. The third-order valence-electron chi connectivity index (χ3n) is 4.91. The number of anilines is 2. The van der Waals surface area contributed by atoms with Gasteiger partial charge in [-0.25, -0.2) is 8.42 Å². The fourth-order valence-electron chi connectivity index (χ4n) is 3.36. The highest BCUT2D eigenvalue weighted by Crippen LogP contribution is 2.32. The van der Waals surface area contributed by atoms with Crippen molar-refractivity contribution >= 4 is 50.3 Å². The molecule has 0 aromatic heterocycles. The summed E-state index contributed by atoms with van der Waals surface area (Å²) in [5.41, 5.74) is 3.57. The van der Waals surface area contributed by atoms with E-state index in [9.17, 15) is 8.42 Å². The smallest absolute Gasteiger partial charge is 0.264 e. The predicted molar refractivity (Wildman–Crippen MR) is 126 cm³/mol. The lowest BCUT2D eigenvalue weighted by atomic mass is 10.2. The third kappa shape index (κ3) is 4.43. The van der Waals surface area contributed by atoms with Crippen molar-refractivity contribution in [3.63, 3.8) is 0 Å². The minimum atomic E-state index is -3.60. The molecule has 8 heteroatoms. The Bertz CT molecular complexity index is 1160. The Morgan fingerprint density at radius 3 is 2.43 bits per heavy atom. The van der Waals surface area contributed by atoms with E-state index in [0.29, 0.717) is 28.9 Å². The van der Waals surface area contributed by atoms with E-state index in [4.69, 9.17) is 23.8 Å². The fraction of sp³-hybridized carbons (Fsp3) is 0.136. The summed E-state index contributed by atoms with van der Waals surface area (Å²) in [7, 11) is -3.60. The van der Waals surface area contributed by atoms with Gasteiger partial charge in [-0.15, -0.1) is 0 Å². The highest BCUT2D eigenvalue weighted by Gasteiger charge is 2.30. The molecule has 0 saturated carbocycles. The summed E-state index contributed by atoms with van der Waals surface area (Å²) in [6, 6.07) is 21.7. The second-order valence-electron chi connectivity index (χ2n) is 6.91. The van der Waals surface area contributed by atoms with Crippen LogP contribution in [0.1, 0.15) is 11.1 Å². The number of benzene rings is 3. The summed E-state index contributed by atoms with van der Waals surface area (Å²) in [6.07, 6.45) is 0.725. The van der Waals surface area contributed by atoms with Crippen LogP contribution >= 0.6 is 23.8 Å². The molecule has 1 aliphatic rings. The van der Waals surface area contributed by atoms with Gasteiger partial charge in [-0.05, 0) is 72.2 Å². The van der Waals surface area contributed by atoms with Crippen LogP contribution in [0.25, 0.3) is 0 Å². The Labute approximate surface area is 186 Å². The number of nitrogens with one attached hydrogen (secondary N) is 2. The van der Waals surface area contributed by atoms with Gasteiger partial charge in [0.15, 0.2) is 5.11 Å². The topological polar surface area (TPSA) is 61.4 Å². The summed E-state index contributed by atoms with van der Waals surface area (Å²) in [5, 5.41) is 7.33. The Hall–Kier alpha value is -2.61. The molecule has 0 bridgehead atoms. The normalized spacial score (nSPS) is 13.0. The number of sulfonamides is 1. The van der Waals surface area contributed by atoms with Gasteiger partial charge in [0.05, 0.1) is 10.6 Å². The second-order valence-corrected chi connectivity index (χ2v) is 9.62. The SMILES string of the molecule is O=S(=O)(c1ccc(NC(=S)NCc2ccc(Cl)cc2)cc1)N1CCc2ccccc21. The quantitative estimate of drug-likeness (QED) is 0.549. The van der Waals surface area contributed by atoms with Gasteiger partial charge in [-0.3, -0.25) is 4.31 Å². The van der Waals surface area contributed by atoms with E-state index < -0.39 is 10.0 Å². The number of nitrogens with zero attached hydrogens (tertiary/aromatic N) is 1. The molecule has 0 amide bonds. The molecule has 1 heterocycles. The van der Waals surface area contributed by atoms with Crippen molar-refractivity contribution in [2.24, 2.45) is 0 Å². The largest absolute Gasteiger partial charge is 0.358 e. The second kappa shape index (κ2) is 8.63. The zero-order valence-corrected chi connectivity index (χ0v) is 18.4. The maximum Gasteiger partial charge on any atom is 0.264 e. The van der Waals surface area contributed by atoms with Crippen LogP contribution < -0.4 is 14.9 Å². The fourth-order valence-corrected chi connectivity index (χ4v) is 5.17. The average molecular weight is 458 g/mol. The van der Waals surface area contributed by atoms with Gasteiger partial charge in [0, 0.05) is 23.8 Å². The Kier molecular flexibility index (Phi) is 5.94. The molecule has 3 aromatic rings. The lowest BCUT2D eigenvalue weighted by Gasteiger charge is -2.20. The van der Waals surface area contributed by atoms with Crippen LogP contribution in [0.5, 0.6) is 0 Å². The van der Waals surface area contributed by atoms with Crippen LogP contribution in [0.4, 0.5) is 11.4 Å². The number of thiocarbonyl (C=S) groups is 1. The van der Waals surface area contributed by atoms with E-state index in [1.807, 2.05) is 48.5 Å². The standard InChI is InChI=1S/C22H20ClN3O2S2/c23-18-7-5-16(6-8-18)15-24-22(29)25-19-9-11-20(12-10-19)30(27,28)26-14-13-17-3-1-2-4-21(17)26/h1-12H,13-15H2,(H2,24,25,29). The first-order chi connectivity index (χ1) is 14.4. The molecule has 0 saturated heterocycles. The van der Waals surface area contributed by atoms with Crippen molar-refractivity contribution in [3.05, 3.63) is 88.9 Å². The van der Waals surface area contributed by atoms with E-state index in [0.717, 1.165) is 23.2 Å². The molecule has 0 radical (unpaired) electrons. The number of hydrogen-bond acceptors (Lipinski definition) is 3. The molecular weight excluding hydrogens is 438 g/mol. The maximum atomic E-state index is 13.1. The van der Waals surface area contributed by atoms with Crippen LogP contribution in [0.2, 0.25) is 5.02 Å². The first-order valence-corrected chi connectivity index (χ1v) is 11.7. The highest BCUT2D eigenvalue weighted by molar-refractivity contribution is 7.92. The molecule has 1 aliphatic heterocycles. The van der Waals surface area contributed by atoms with E-state index >= 15 is 0 Å². The zero-order chi connectivity index (χ0) is 21.1. The van der Waals surface area contributed by atoms with Gasteiger partial charge in [0.2, 0.25) is 0 Å². The molecule has 0 spiro atoms. The third-order valence-corrected chi connectivity index (χ3v) is 7.24. The van der Waals surface area contributed by atoms with Gasteiger partial charge < -0.3 is 10.6 Å². The maximum absolute atomic E-state index is 13.1. The van der Waals surface area contributed by atoms with Crippen molar-refractivity contribution in [1.82, 2.24) is 5.32 Å². The molecular formula is C22H20ClN3O2S2. The zero-order valence-electron chi connectivity index (χ0n) is 16.0. The van der Waals surface area contributed by atoms with Crippen LogP contribution in [0.3, 0.4) is 0 Å². The molecule has 4 rings (SSSR count). The van der Waals surface area contributed by atoms with Crippen molar-refractivity contribution in [2.75, 3.05) is 16.2 Å². The predicted octanol–water partition coefficient (Wildman–Crippen LogP) is 4.58. The average Bonchev–Trinajstić information content (AvgIpc) is 3.19. The van der Waals surface area contributed by atoms with E-state index in [1.165, 1.54) is 4.31 Å². The van der Waals surface area contributed by atoms with Crippen LogP contribution in [0.15, 0.2) is 77.7 Å². The number of para-hydroxylation sites is 1. The van der Waals surface area contributed by atoms with Crippen molar-refractivity contribution in [3.8, 4) is 0 Å². The molecule has 3 aromatic carbocycles. The van der Waals surface area contributed by atoms with Gasteiger partial charge in [0.25, 0.3) is 10.0 Å². The van der Waals surface area contributed by atoms with Crippen LogP contribution in [-0.2, 0) is 23.0 Å². The molecule has 0 atom stereocenters. The molecule has 154 valence electrons. The minimum Gasteiger partial charge on any atom is -0.358 e. The van der Waals surface area contributed by atoms with Crippen molar-refractivity contribution in [1.29, 1.82) is 0 Å². The summed E-state index contributed by atoms with van der Waals surface area (Å²) < 4.78 is 27.6. The first kappa shape index (κ1) is 20.7. The number of rotatable bonds is 5. The van der Waals surface area contributed by atoms with E-state index in [-0.39, 0.29) is 4.90 Å². The van der Waals surface area contributed by atoms with E-state index in [1.54, 1.807) is 24.3 Å². The lowest BCUT2D eigenvalue weighted by molar-refractivity contribution is 0.592. The van der Waals surface area contributed by atoms with Crippen molar-refractivity contribution < 1.29 is 8.42 Å². The molecule has 5 nitrogen and oxygen atoms in total. The molecule has 30 heavy (non-hydrogen) atoms. The van der Waals surface area contributed by atoms with Gasteiger partial charge in [0.1, 0.15) is 0 Å². The highest BCUT2D eigenvalue weighted by atomic mass is 35.5. The lowest BCUT2D eigenvalue weighted by Crippen LogP contribution is -2.29. The van der Waals surface area contributed by atoms with Crippen LogP contribution in [-0.4, -0.2) is 20.1 Å². The van der Waals surface area contributed by atoms with E-state index in [2.05, 4.69) is 10.6 Å². The molecule has 0 unspecified atom stereocenters. The van der Waals surface area contributed by atoms with Gasteiger partial charge >= 0.3 is 0 Å². The first-order valence-electron chi connectivity index (χ1n) is 9.43. The van der Waals surface area contributed by atoms with Gasteiger partial charge in [-0.1, -0.05) is 41.9 Å². The Morgan fingerprint density at radius 1 is 1.00 bits per heavy atom. The van der Waals surface area contributed by atoms with Gasteiger partial charge in [-0.2, -0.15) is 0 Å². The number of hydrogen-bond donors (Lipinski definition) is 2. The molecule has 2 N–H and O–H groups in total. The number of halogens is 1. The van der Waals surface area contributed by atoms with Crippen molar-refractivity contribution in [2.45, 2.75) is 17.9 Å². The monoisotopic (exact) mass is 457 g/mol. The van der Waals surface area contributed by atoms with Crippen LogP contribution in [0, 0.1) is 0 Å². The summed E-state index contributed by atoms with van der Waals surface area (Å²) in [4.78, 5) is 0.254. The number of fused-ring (bicyclic) bond motifs is 1. The summed E-state index contributed by atoms with van der Waals surface area (Å²) in [6.45, 7) is 1.02. The molecule has 0 aliphatic carbocycles. The Balaban J connectivity index is 1.40. The Morgan fingerprint density at radius 2 is 1.70 bits per heavy atom. The summed E-state index contributed by atoms with van der Waals surface area (Å²) >= 11 is 11.2. The molecule has 0 fully saturated rings.